The molecule has 6 nitrogen and oxygen atoms in total. The number of thioether (sulfide) groups is 1. The highest BCUT2D eigenvalue weighted by molar-refractivity contribution is 7.98. The van der Waals surface area contributed by atoms with E-state index in [1.165, 1.54) is 11.8 Å². The number of rotatable bonds is 3. The zero-order valence-corrected chi connectivity index (χ0v) is 10.1. The lowest BCUT2D eigenvalue weighted by Crippen LogP contribution is -2.10. The number of nitrogens with zero attached hydrogens (tertiary/aromatic N) is 3. The molecular formula is C11H9N5OS. The highest BCUT2D eigenvalue weighted by Gasteiger charge is 2.07. The normalized spacial score (nSPS) is 10.9. The van der Waals surface area contributed by atoms with Gasteiger partial charge < -0.3 is 4.98 Å². The second-order valence-corrected chi connectivity index (χ2v) is 4.58. The second kappa shape index (κ2) is 4.61. The van der Waals surface area contributed by atoms with Crippen LogP contribution >= 0.6 is 11.8 Å². The molecule has 0 amide bonds. The number of hydrogen-bond acceptors (Lipinski definition) is 5. The van der Waals surface area contributed by atoms with Gasteiger partial charge in [0.25, 0.3) is 0 Å². The quantitative estimate of drug-likeness (QED) is 0.547. The maximum atomic E-state index is 11.4. The lowest BCUT2D eigenvalue weighted by atomic mass is 10.3. The lowest BCUT2D eigenvalue weighted by Gasteiger charge is -2.01. The zero-order chi connectivity index (χ0) is 12.4. The number of fused-ring (bicyclic) bond motifs is 1. The van der Waals surface area contributed by atoms with Gasteiger partial charge in [-0.05, 0) is 17.7 Å². The van der Waals surface area contributed by atoms with Crippen molar-refractivity contribution in [2.45, 2.75) is 10.8 Å². The molecule has 0 bridgehead atoms. The van der Waals surface area contributed by atoms with Crippen LogP contribution in [-0.4, -0.2) is 24.9 Å². The van der Waals surface area contributed by atoms with Crippen molar-refractivity contribution in [1.82, 2.24) is 24.9 Å². The first-order valence-electron chi connectivity index (χ1n) is 5.28. The van der Waals surface area contributed by atoms with E-state index in [-0.39, 0.29) is 5.69 Å². The van der Waals surface area contributed by atoms with E-state index in [0.29, 0.717) is 10.7 Å². The van der Waals surface area contributed by atoms with E-state index in [0.717, 1.165) is 16.8 Å². The van der Waals surface area contributed by atoms with Crippen LogP contribution in [0.1, 0.15) is 5.56 Å². The van der Waals surface area contributed by atoms with Gasteiger partial charge in [0.05, 0.1) is 6.33 Å². The van der Waals surface area contributed by atoms with Crippen molar-refractivity contribution >= 4 is 22.9 Å². The van der Waals surface area contributed by atoms with Crippen molar-refractivity contribution in [1.29, 1.82) is 0 Å². The smallest absolute Gasteiger partial charge is 0.341 e. The Morgan fingerprint density at radius 2 is 2.11 bits per heavy atom. The highest BCUT2D eigenvalue weighted by Crippen LogP contribution is 2.24. The summed E-state index contributed by atoms with van der Waals surface area (Å²) in [7, 11) is 0. The Balaban J connectivity index is 1.91. The van der Waals surface area contributed by atoms with Crippen LogP contribution in [0.15, 0.2) is 40.7 Å². The first-order valence-corrected chi connectivity index (χ1v) is 6.26. The molecule has 3 aromatic heterocycles. The van der Waals surface area contributed by atoms with Crippen LogP contribution in [0, 0.1) is 0 Å². The molecule has 7 heteroatoms. The third-order valence-corrected chi connectivity index (χ3v) is 3.45. The molecule has 18 heavy (non-hydrogen) atoms. The largest absolute Gasteiger partial charge is 0.347 e. The van der Waals surface area contributed by atoms with E-state index in [4.69, 9.17) is 0 Å². The first-order chi connectivity index (χ1) is 8.83. The summed E-state index contributed by atoms with van der Waals surface area (Å²) < 4.78 is 0. The van der Waals surface area contributed by atoms with Crippen molar-refractivity contribution in [2.75, 3.05) is 0 Å². The standard InChI is InChI=1S/C11H9N5OS/c17-11-15-9-8(13-6-14-9)10(16-11)18-5-7-1-3-12-4-2-7/h1-4,6H,5H2,(H2,13,14,15,16,17). The van der Waals surface area contributed by atoms with Gasteiger partial charge in [-0.15, -0.1) is 0 Å². The summed E-state index contributed by atoms with van der Waals surface area (Å²) in [6.07, 6.45) is 5.03. The minimum Gasteiger partial charge on any atom is -0.341 e. The molecule has 0 atom stereocenters. The number of pyridine rings is 1. The van der Waals surface area contributed by atoms with Crippen molar-refractivity contribution in [3.05, 3.63) is 46.9 Å². The van der Waals surface area contributed by atoms with Crippen molar-refractivity contribution in [3.8, 4) is 0 Å². The van der Waals surface area contributed by atoms with Gasteiger partial charge in [0.1, 0.15) is 10.5 Å². The lowest BCUT2D eigenvalue weighted by molar-refractivity contribution is 1.01. The van der Waals surface area contributed by atoms with Crippen LogP contribution in [0.2, 0.25) is 0 Å². The molecule has 0 aromatic carbocycles. The molecule has 0 saturated carbocycles. The van der Waals surface area contributed by atoms with Gasteiger partial charge in [-0.2, -0.15) is 4.98 Å². The molecule has 0 fully saturated rings. The van der Waals surface area contributed by atoms with E-state index < -0.39 is 0 Å². The zero-order valence-electron chi connectivity index (χ0n) is 9.25. The van der Waals surface area contributed by atoms with Gasteiger partial charge >= 0.3 is 5.69 Å². The number of nitrogens with one attached hydrogen (secondary N) is 2. The van der Waals surface area contributed by atoms with Gasteiger partial charge in [-0.3, -0.25) is 9.97 Å². The van der Waals surface area contributed by atoms with Crippen LogP contribution in [0.4, 0.5) is 0 Å². The van der Waals surface area contributed by atoms with Crippen LogP contribution in [0.5, 0.6) is 0 Å². The van der Waals surface area contributed by atoms with Crippen LogP contribution in [0.3, 0.4) is 0 Å². The van der Waals surface area contributed by atoms with Crippen molar-refractivity contribution < 1.29 is 0 Å². The number of hydrogen-bond donors (Lipinski definition) is 2. The summed E-state index contributed by atoms with van der Waals surface area (Å²) in [6.45, 7) is 0. The fourth-order valence-electron chi connectivity index (χ4n) is 1.56. The average molecular weight is 259 g/mol. The molecule has 3 aromatic rings. The summed E-state index contributed by atoms with van der Waals surface area (Å²) in [5, 5.41) is 0.656. The van der Waals surface area contributed by atoms with Gasteiger partial charge in [0.15, 0.2) is 5.65 Å². The molecule has 3 heterocycles. The minimum absolute atomic E-state index is 0.383. The molecule has 2 N–H and O–H groups in total. The molecule has 0 saturated heterocycles. The van der Waals surface area contributed by atoms with Gasteiger partial charge in [0, 0.05) is 18.1 Å². The monoisotopic (exact) mass is 259 g/mol. The molecule has 0 unspecified atom stereocenters. The van der Waals surface area contributed by atoms with Crippen molar-refractivity contribution in [3.63, 3.8) is 0 Å². The van der Waals surface area contributed by atoms with E-state index in [9.17, 15) is 4.79 Å². The van der Waals surface area contributed by atoms with E-state index in [1.807, 2.05) is 12.1 Å². The number of H-pyrrole nitrogens is 2. The number of aromatic nitrogens is 5. The summed E-state index contributed by atoms with van der Waals surface area (Å²) >= 11 is 1.49. The summed E-state index contributed by atoms with van der Waals surface area (Å²) in [5.41, 5.74) is 2.04. The number of aromatic amines is 2. The fourth-order valence-corrected chi connectivity index (χ4v) is 2.51. The SMILES string of the molecule is O=c1nc(SCc2ccncc2)c2[nH]cnc2[nH]1. The summed E-state index contributed by atoms with van der Waals surface area (Å²) in [4.78, 5) is 28.9. The molecule has 3 rings (SSSR count). The Morgan fingerprint density at radius 1 is 1.28 bits per heavy atom. The molecule has 0 aliphatic rings. The Bertz CT molecular complexity index is 721. The average Bonchev–Trinajstić information content (AvgIpc) is 2.85. The Kier molecular flexibility index (Phi) is 2.81. The molecule has 0 aliphatic heterocycles. The third kappa shape index (κ3) is 2.12. The first kappa shape index (κ1) is 11.0. The maximum absolute atomic E-state index is 11.4. The minimum atomic E-state index is -0.383. The number of imidazole rings is 1. The predicted molar refractivity (Wildman–Crippen MR) is 68.3 cm³/mol. The summed E-state index contributed by atoms with van der Waals surface area (Å²) in [5.74, 6) is 0.729. The molecule has 90 valence electrons. The molecule has 0 radical (unpaired) electrons. The molecule has 0 spiro atoms. The van der Waals surface area contributed by atoms with Crippen molar-refractivity contribution in [2.24, 2.45) is 0 Å². The van der Waals surface area contributed by atoms with Gasteiger partial charge in [-0.1, -0.05) is 11.8 Å². The van der Waals surface area contributed by atoms with E-state index in [1.54, 1.807) is 18.7 Å². The maximum Gasteiger partial charge on any atom is 0.347 e. The van der Waals surface area contributed by atoms with E-state index >= 15 is 0 Å². The van der Waals surface area contributed by atoms with E-state index in [2.05, 4.69) is 24.9 Å². The van der Waals surface area contributed by atoms with Crippen LogP contribution < -0.4 is 5.69 Å². The topological polar surface area (TPSA) is 87.3 Å². The highest BCUT2D eigenvalue weighted by atomic mass is 32.2. The third-order valence-electron chi connectivity index (χ3n) is 2.41. The Labute approximate surface area is 106 Å². The second-order valence-electron chi connectivity index (χ2n) is 3.62. The Morgan fingerprint density at radius 3 is 2.94 bits per heavy atom. The fraction of sp³-hybridized carbons (Fsp3) is 0.0909. The van der Waals surface area contributed by atoms with Crippen LogP contribution in [0.25, 0.3) is 11.2 Å². The molecule has 0 aliphatic carbocycles. The predicted octanol–water partition coefficient (Wildman–Crippen LogP) is 1.33. The Hall–Kier alpha value is -2.15. The van der Waals surface area contributed by atoms with Gasteiger partial charge in [0.2, 0.25) is 0 Å². The summed E-state index contributed by atoms with van der Waals surface area (Å²) in [6, 6.07) is 3.87. The van der Waals surface area contributed by atoms with Crippen LogP contribution in [-0.2, 0) is 5.75 Å². The van der Waals surface area contributed by atoms with Gasteiger partial charge in [-0.25, -0.2) is 9.78 Å². The molecular weight excluding hydrogens is 250 g/mol.